The van der Waals surface area contributed by atoms with Crippen LogP contribution >= 0.6 is 0 Å². The molecule has 1 aromatic carbocycles. The van der Waals surface area contributed by atoms with Crippen LogP contribution in [0.25, 0.3) is 23.8 Å². The van der Waals surface area contributed by atoms with Gasteiger partial charge in [0.15, 0.2) is 29.6 Å². The first-order valence-corrected chi connectivity index (χ1v) is 10.9. The molecule has 0 spiro atoms. The molecule has 5 aromatic rings. The number of halogens is 4. The number of hydrogen-bond acceptors (Lipinski definition) is 1. The minimum atomic E-state index is -1.76. The maximum atomic E-state index is 15.2. The third kappa shape index (κ3) is 3.52. The van der Waals surface area contributed by atoms with E-state index in [1.807, 2.05) is 30.3 Å². The number of aromatic nitrogens is 4. The van der Waals surface area contributed by atoms with Crippen molar-refractivity contribution >= 4 is 30.1 Å². The summed E-state index contributed by atoms with van der Waals surface area (Å²) in [5.74, 6) is -6.85. The number of aldehydes is 1. The number of hydrogen-bond donors (Lipinski definition) is 4. The number of aromatic amines is 4. The minimum Gasteiger partial charge on any atom is -0.355 e. The topological polar surface area (TPSA) is 80.2 Å². The second-order valence-electron chi connectivity index (χ2n) is 8.36. The first kappa shape index (κ1) is 21.7. The maximum Gasteiger partial charge on any atom is 0.173 e. The zero-order chi connectivity index (χ0) is 25.0. The predicted molar refractivity (Wildman–Crippen MR) is 126 cm³/mol. The first-order valence-electron chi connectivity index (χ1n) is 10.9. The van der Waals surface area contributed by atoms with E-state index < -0.39 is 34.4 Å². The van der Waals surface area contributed by atoms with Crippen molar-refractivity contribution in [1.82, 2.24) is 19.9 Å². The second-order valence-corrected chi connectivity index (χ2v) is 8.36. The molecule has 1 aliphatic rings. The van der Waals surface area contributed by atoms with Gasteiger partial charge in [-0.3, -0.25) is 4.79 Å². The highest BCUT2D eigenvalue weighted by atomic mass is 19.2. The van der Waals surface area contributed by atoms with Gasteiger partial charge in [-0.2, -0.15) is 0 Å². The van der Waals surface area contributed by atoms with E-state index in [0.29, 0.717) is 11.0 Å². The number of carbonyl (C=O) groups excluding carboxylic acids is 1. The average Bonchev–Trinajstić information content (AvgIpc) is 3.66. The Balaban J connectivity index is 1.72. The van der Waals surface area contributed by atoms with Gasteiger partial charge in [0.1, 0.15) is 0 Å². The molecule has 0 amide bonds. The van der Waals surface area contributed by atoms with Crippen LogP contribution in [0.15, 0.2) is 48.5 Å². The zero-order valence-corrected chi connectivity index (χ0v) is 18.3. The second kappa shape index (κ2) is 8.16. The number of H-pyrrole nitrogens is 4. The molecule has 0 saturated heterocycles. The van der Waals surface area contributed by atoms with Crippen LogP contribution in [-0.4, -0.2) is 26.2 Å². The summed E-state index contributed by atoms with van der Waals surface area (Å²) >= 11 is 0. The van der Waals surface area contributed by atoms with Gasteiger partial charge < -0.3 is 19.9 Å². The number of carbonyl (C=O) groups is 1. The fourth-order valence-electron chi connectivity index (χ4n) is 4.37. The molecule has 0 unspecified atom stereocenters. The van der Waals surface area contributed by atoms with Gasteiger partial charge >= 0.3 is 0 Å². The lowest BCUT2D eigenvalue weighted by molar-refractivity contribution is 0.111. The van der Waals surface area contributed by atoms with Crippen LogP contribution in [0.5, 0.6) is 0 Å². The van der Waals surface area contributed by atoms with E-state index in [-0.39, 0.29) is 22.9 Å². The third-order valence-corrected chi connectivity index (χ3v) is 6.02. The van der Waals surface area contributed by atoms with Gasteiger partial charge in [0.05, 0.1) is 11.1 Å². The molecule has 178 valence electrons. The summed E-state index contributed by atoms with van der Waals surface area (Å²) in [4.78, 5) is 23.7. The van der Waals surface area contributed by atoms with Gasteiger partial charge in [-0.1, -0.05) is 0 Å². The molecule has 0 saturated carbocycles. The molecule has 5 nitrogen and oxygen atoms in total. The fourth-order valence-corrected chi connectivity index (χ4v) is 4.37. The fraction of sp³-hybridized carbons (Fsp3) is 0. The van der Waals surface area contributed by atoms with Crippen molar-refractivity contribution in [2.75, 3.05) is 0 Å². The summed E-state index contributed by atoms with van der Waals surface area (Å²) in [6.07, 6.45) is 5.26. The van der Waals surface area contributed by atoms with Crippen molar-refractivity contribution in [3.63, 3.8) is 0 Å². The molecular formula is C27H16F4N4O. The summed E-state index contributed by atoms with van der Waals surface area (Å²) in [5, 5.41) is 2.40. The molecule has 36 heavy (non-hydrogen) atoms. The van der Waals surface area contributed by atoms with Crippen molar-refractivity contribution in [2.45, 2.75) is 0 Å². The van der Waals surface area contributed by atoms with E-state index >= 15 is 8.78 Å². The van der Waals surface area contributed by atoms with Crippen LogP contribution < -0.4 is 21.4 Å². The van der Waals surface area contributed by atoms with Crippen molar-refractivity contribution < 1.29 is 22.4 Å². The molecule has 0 atom stereocenters. The molecule has 0 aliphatic carbocycles. The maximum absolute atomic E-state index is 15.2. The molecule has 5 heterocycles. The average molecular weight is 488 g/mol. The molecule has 9 heteroatoms. The summed E-state index contributed by atoms with van der Waals surface area (Å²) in [6, 6.07) is 14.0. The standard InChI is InChI=1S/C27H16F4N4O/c28-24-19(12-36)25(29)27(31)23(26(24)30)22-20-7-5-17(34-20)10-15-3-1-13(32-15)9-14-2-4-16(33-14)11-18-6-8-21(22)35-18/h1-12,32-35H. The van der Waals surface area contributed by atoms with E-state index in [1.54, 1.807) is 36.4 Å². The Labute approximate surface area is 199 Å². The lowest BCUT2D eigenvalue weighted by Gasteiger charge is -2.12. The smallest absolute Gasteiger partial charge is 0.173 e. The number of nitrogens with one attached hydrogen (secondary N) is 4. The molecule has 1 aliphatic heterocycles. The Hall–Kier alpha value is -4.79. The summed E-state index contributed by atoms with van der Waals surface area (Å²) in [6.45, 7) is 0. The van der Waals surface area contributed by atoms with Crippen LogP contribution in [0.1, 0.15) is 38.7 Å². The monoisotopic (exact) mass is 488 g/mol. The van der Waals surface area contributed by atoms with Gasteiger partial charge in [0, 0.05) is 49.7 Å². The van der Waals surface area contributed by atoms with Gasteiger partial charge in [-0.05, 0) is 66.8 Å². The van der Waals surface area contributed by atoms with Crippen molar-refractivity contribution in [3.8, 4) is 0 Å². The molecule has 6 rings (SSSR count). The highest BCUT2D eigenvalue weighted by molar-refractivity contribution is 5.82. The van der Waals surface area contributed by atoms with Crippen LogP contribution in [0.2, 0.25) is 0 Å². The summed E-state index contributed by atoms with van der Waals surface area (Å²) < 4.78 is 59.5. The molecule has 0 fully saturated rings. The van der Waals surface area contributed by atoms with E-state index in [0.717, 1.165) is 22.1 Å². The highest BCUT2D eigenvalue weighted by Gasteiger charge is 2.28. The Morgan fingerprint density at radius 3 is 1.69 bits per heavy atom. The Bertz CT molecular complexity index is 1890. The summed E-state index contributed by atoms with van der Waals surface area (Å²) in [7, 11) is 0. The largest absolute Gasteiger partial charge is 0.355 e. The molecule has 0 radical (unpaired) electrons. The van der Waals surface area contributed by atoms with Crippen molar-refractivity contribution in [2.24, 2.45) is 0 Å². The van der Waals surface area contributed by atoms with Gasteiger partial charge in [-0.15, -0.1) is 0 Å². The van der Waals surface area contributed by atoms with Crippen molar-refractivity contribution in [3.05, 3.63) is 127 Å². The SMILES string of the molecule is O=Cc1c(F)c(F)c(C2=c3ccc([nH]3)=Cc3ccc([nH]3)C=c3ccc([nH]3)=Cc3ccc2[nH]3)c(F)c1F. The van der Waals surface area contributed by atoms with Crippen LogP contribution in [-0.2, 0) is 0 Å². The van der Waals surface area contributed by atoms with Crippen molar-refractivity contribution in [1.29, 1.82) is 0 Å². The highest BCUT2D eigenvalue weighted by Crippen LogP contribution is 2.30. The predicted octanol–water partition coefficient (Wildman–Crippen LogP) is 2.42. The third-order valence-electron chi connectivity index (χ3n) is 6.02. The number of benzene rings is 1. The van der Waals surface area contributed by atoms with E-state index in [4.69, 9.17) is 0 Å². The van der Waals surface area contributed by atoms with Gasteiger partial charge in [0.2, 0.25) is 0 Å². The minimum absolute atomic E-state index is 0.140. The Kier molecular flexibility index (Phi) is 4.92. The summed E-state index contributed by atoms with van der Waals surface area (Å²) in [5.41, 5.74) is 0.0246. The van der Waals surface area contributed by atoms with Crippen LogP contribution in [0, 0.1) is 23.3 Å². The Morgan fingerprint density at radius 1 is 0.556 bits per heavy atom. The van der Waals surface area contributed by atoms with Crippen LogP contribution in [0.4, 0.5) is 17.6 Å². The van der Waals surface area contributed by atoms with Gasteiger partial charge in [-0.25, -0.2) is 17.6 Å². The quantitative estimate of drug-likeness (QED) is 0.169. The molecular weight excluding hydrogens is 472 g/mol. The normalized spacial score (nSPS) is 12.6. The lowest BCUT2D eigenvalue weighted by Crippen LogP contribution is -2.18. The van der Waals surface area contributed by atoms with E-state index in [9.17, 15) is 13.6 Å². The van der Waals surface area contributed by atoms with E-state index in [1.165, 1.54) is 0 Å². The molecule has 4 aromatic heterocycles. The number of fused-ring (bicyclic) bond motifs is 8. The van der Waals surface area contributed by atoms with Crippen LogP contribution in [0.3, 0.4) is 0 Å². The molecule has 4 N–H and O–H groups in total. The Morgan fingerprint density at radius 2 is 1.08 bits per heavy atom. The number of rotatable bonds is 2. The first-order chi connectivity index (χ1) is 17.4. The lowest BCUT2D eigenvalue weighted by atomic mass is 9.98. The zero-order valence-electron chi connectivity index (χ0n) is 18.3. The van der Waals surface area contributed by atoms with E-state index in [2.05, 4.69) is 19.9 Å². The van der Waals surface area contributed by atoms with Gasteiger partial charge in [0.25, 0.3) is 0 Å². The molecule has 8 bridgehead atoms.